The first-order valence-electron chi connectivity index (χ1n) is 7.49. The summed E-state index contributed by atoms with van der Waals surface area (Å²) in [4.78, 5) is 13.3. The summed E-state index contributed by atoms with van der Waals surface area (Å²) in [6.07, 6.45) is 2.57. The fourth-order valence-electron chi connectivity index (χ4n) is 3.10. The Kier molecular flexibility index (Phi) is 3.62. The number of quaternary nitrogens is 1. The van der Waals surface area contributed by atoms with Crippen molar-refractivity contribution in [2.24, 2.45) is 5.92 Å². The van der Waals surface area contributed by atoms with Gasteiger partial charge in [0.05, 0.1) is 13.1 Å². The predicted molar refractivity (Wildman–Crippen MR) is 80.0 cm³/mol. The molecule has 1 saturated heterocycles. The van der Waals surface area contributed by atoms with Crippen molar-refractivity contribution < 1.29 is 9.32 Å². The minimum absolute atomic E-state index is 0.233. The third kappa shape index (κ3) is 2.78. The van der Waals surface area contributed by atoms with Crippen LogP contribution in [-0.2, 0) is 6.54 Å². The average Bonchev–Trinajstić information content (AvgIpc) is 2.40. The molecule has 0 unspecified atom stereocenters. The summed E-state index contributed by atoms with van der Waals surface area (Å²) in [6, 6.07) is 7.78. The van der Waals surface area contributed by atoms with Crippen molar-refractivity contribution in [1.29, 1.82) is 0 Å². The molecule has 1 fully saturated rings. The zero-order chi connectivity index (χ0) is 14.1. The minimum Gasteiger partial charge on any atom is -0.423 e. The Hall–Kier alpha value is -1.61. The van der Waals surface area contributed by atoms with Crippen molar-refractivity contribution in [1.82, 2.24) is 0 Å². The van der Waals surface area contributed by atoms with Crippen molar-refractivity contribution in [3.63, 3.8) is 0 Å². The van der Waals surface area contributed by atoms with Crippen molar-refractivity contribution in [3.05, 3.63) is 45.8 Å². The van der Waals surface area contributed by atoms with Crippen LogP contribution in [0.2, 0.25) is 0 Å². The van der Waals surface area contributed by atoms with E-state index in [2.05, 4.69) is 19.1 Å². The number of benzene rings is 1. The predicted octanol–water partition coefficient (Wildman–Crippen LogP) is 1.92. The molecule has 0 spiro atoms. The third-order valence-corrected chi connectivity index (χ3v) is 4.41. The molecule has 1 aromatic carbocycles. The van der Waals surface area contributed by atoms with Crippen LogP contribution in [0.5, 0.6) is 0 Å². The molecule has 0 bridgehead atoms. The van der Waals surface area contributed by atoms with Gasteiger partial charge in [0, 0.05) is 17.0 Å². The Labute approximate surface area is 119 Å². The first-order valence-corrected chi connectivity index (χ1v) is 7.49. The highest BCUT2D eigenvalue weighted by molar-refractivity contribution is 5.80. The van der Waals surface area contributed by atoms with E-state index in [1.807, 2.05) is 13.0 Å². The van der Waals surface area contributed by atoms with E-state index in [0.717, 1.165) is 34.6 Å². The van der Waals surface area contributed by atoms with Crippen LogP contribution in [0.15, 0.2) is 33.5 Å². The van der Waals surface area contributed by atoms with E-state index in [0.29, 0.717) is 0 Å². The normalized spacial score (nSPS) is 23.1. The summed E-state index contributed by atoms with van der Waals surface area (Å²) in [7, 11) is 0. The van der Waals surface area contributed by atoms with E-state index < -0.39 is 0 Å². The van der Waals surface area contributed by atoms with Crippen molar-refractivity contribution >= 4 is 11.0 Å². The number of hydrogen-bond donors (Lipinski definition) is 1. The van der Waals surface area contributed by atoms with Crippen molar-refractivity contribution in [2.45, 2.75) is 33.2 Å². The van der Waals surface area contributed by atoms with E-state index in [9.17, 15) is 4.79 Å². The summed E-state index contributed by atoms with van der Waals surface area (Å²) in [5.41, 5.74) is 2.73. The van der Waals surface area contributed by atoms with E-state index in [1.54, 1.807) is 11.0 Å². The van der Waals surface area contributed by atoms with Crippen LogP contribution in [0.1, 0.15) is 30.9 Å². The molecule has 1 aliphatic rings. The highest BCUT2D eigenvalue weighted by Crippen LogP contribution is 2.18. The maximum atomic E-state index is 11.7. The van der Waals surface area contributed by atoms with E-state index in [4.69, 9.17) is 4.42 Å². The monoisotopic (exact) mass is 272 g/mol. The van der Waals surface area contributed by atoms with Gasteiger partial charge in [-0.1, -0.05) is 19.1 Å². The molecule has 3 nitrogen and oxygen atoms in total. The van der Waals surface area contributed by atoms with Gasteiger partial charge in [0.25, 0.3) is 0 Å². The molecule has 2 aromatic rings. The Morgan fingerprint density at radius 1 is 1.25 bits per heavy atom. The average molecular weight is 272 g/mol. The number of hydrogen-bond acceptors (Lipinski definition) is 2. The lowest BCUT2D eigenvalue weighted by atomic mass is 9.98. The molecule has 1 aromatic heterocycles. The van der Waals surface area contributed by atoms with Gasteiger partial charge in [-0.3, -0.25) is 0 Å². The molecule has 20 heavy (non-hydrogen) atoms. The Bertz CT molecular complexity index is 666. The SMILES string of the molecule is Cc1ccc2c(C[NH+]3CCC(C)CC3)cc(=O)oc2c1. The molecule has 3 heteroatoms. The van der Waals surface area contributed by atoms with E-state index in [-0.39, 0.29) is 5.63 Å². The highest BCUT2D eigenvalue weighted by Gasteiger charge is 2.20. The van der Waals surface area contributed by atoms with Gasteiger partial charge < -0.3 is 9.32 Å². The quantitative estimate of drug-likeness (QED) is 0.848. The van der Waals surface area contributed by atoms with Gasteiger partial charge in [0.1, 0.15) is 12.1 Å². The van der Waals surface area contributed by atoms with Crippen molar-refractivity contribution in [3.8, 4) is 0 Å². The molecule has 2 heterocycles. The van der Waals surface area contributed by atoms with Gasteiger partial charge >= 0.3 is 5.63 Å². The summed E-state index contributed by atoms with van der Waals surface area (Å²) in [5, 5.41) is 1.08. The molecule has 0 saturated carbocycles. The first-order chi connectivity index (χ1) is 9.61. The third-order valence-electron chi connectivity index (χ3n) is 4.41. The summed E-state index contributed by atoms with van der Waals surface area (Å²) in [5.74, 6) is 0.846. The van der Waals surface area contributed by atoms with E-state index in [1.165, 1.54) is 25.9 Å². The lowest BCUT2D eigenvalue weighted by Gasteiger charge is -2.27. The molecular weight excluding hydrogens is 250 g/mol. The van der Waals surface area contributed by atoms with Crippen LogP contribution in [0, 0.1) is 12.8 Å². The Balaban J connectivity index is 1.92. The van der Waals surface area contributed by atoms with Crippen LogP contribution < -0.4 is 10.5 Å². The molecule has 0 atom stereocenters. The molecule has 0 radical (unpaired) electrons. The number of rotatable bonds is 2. The summed E-state index contributed by atoms with van der Waals surface area (Å²) >= 11 is 0. The summed E-state index contributed by atoms with van der Waals surface area (Å²) < 4.78 is 5.32. The lowest BCUT2D eigenvalue weighted by Crippen LogP contribution is -3.11. The topological polar surface area (TPSA) is 34.7 Å². The van der Waals surface area contributed by atoms with Gasteiger partial charge in [0.2, 0.25) is 0 Å². The van der Waals surface area contributed by atoms with Crippen LogP contribution in [-0.4, -0.2) is 13.1 Å². The van der Waals surface area contributed by atoms with Crippen LogP contribution in [0.3, 0.4) is 0 Å². The second kappa shape index (κ2) is 5.41. The highest BCUT2D eigenvalue weighted by atomic mass is 16.4. The molecule has 106 valence electrons. The zero-order valence-electron chi connectivity index (χ0n) is 12.2. The standard InChI is InChI=1S/C17H21NO2/c1-12-5-7-18(8-6-12)11-14-10-17(19)20-16-9-13(2)3-4-15(14)16/h3-4,9-10,12H,5-8,11H2,1-2H3/p+1. The fourth-order valence-corrected chi connectivity index (χ4v) is 3.10. The minimum atomic E-state index is -0.233. The number of likely N-dealkylation sites (tertiary alicyclic amines) is 1. The number of fused-ring (bicyclic) bond motifs is 1. The second-order valence-electron chi connectivity index (χ2n) is 6.20. The molecular formula is C17H22NO2+. The summed E-state index contributed by atoms with van der Waals surface area (Å²) in [6.45, 7) is 7.68. The second-order valence-corrected chi connectivity index (χ2v) is 6.20. The lowest BCUT2D eigenvalue weighted by molar-refractivity contribution is -0.919. The van der Waals surface area contributed by atoms with Crippen molar-refractivity contribution in [2.75, 3.05) is 13.1 Å². The molecule has 0 amide bonds. The largest absolute Gasteiger partial charge is 0.423 e. The molecule has 0 aliphatic carbocycles. The molecule has 1 aliphatic heterocycles. The molecule has 3 rings (SSSR count). The molecule has 1 N–H and O–H groups in total. The zero-order valence-corrected chi connectivity index (χ0v) is 12.2. The fraction of sp³-hybridized carbons (Fsp3) is 0.471. The van der Waals surface area contributed by atoms with Gasteiger partial charge in [0.15, 0.2) is 0 Å². The maximum Gasteiger partial charge on any atom is 0.336 e. The Morgan fingerprint density at radius 2 is 2.00 bits per heavy atom. The van der Waals surface area contributed by atoms with Crippen LogP contribution in [0.25, 0.3) is 11.0 Å². The Morgan fingerprint density at radius 3 is 2.75 bits per heavy atom. The van der Waals surface area contributed by atoms with Gasteiger partial charge in [-0.2, -0.15) is 0 Å². The first kappa shape index (κ1) is 13.4. The number of aryl methyl sites for hydroxylation is 1. The van der Waals surface area contributed by atoms with Gasteiger partial charge in [-0.15, -0.1) is 0 Å². The number of piperidine rings is 1. The number of nitrogens with one attached hydrogen (secondary N) is 1. The smallest absolute Gasteiger partial charge is 0.336 e. The maximum absolute atomic E-state index is 11.7. The van der Waals surface area contributed by atoms with Crippen LogP contribution in [0.4, 0.5) is 0 Å². The van der Waals surface area contributed by atoms with Gasteiger partial charge in [-0.25, -0.2) is 4.79 Å². The van der Waals surface area contributed by atoms with Gasteiger partial charge in [-0.05, 0) is 37.3 Å². The van der Waals surface area contributed by atoms with Crippen LogP contribution >= 0.6 is 0 Å². The van der Waals surface area contributed by atoms with E-state index >= 15 is 0 Å².